The Morgan fingerprint density at radius 2 is 2.06 bits per heavy atom. The molecule has 1 aromatic rings. The first-order valence-electron chi connectivity index (χ1n) is 5.79. The molecule has 0 saturated carbocycles. The molecular weight excluding hydrogens is 205 g/mol. The molecule has 0 aromatic heterocycles. The van der Waals surface area contributed by atoms with Crippen molar-refractivity contribution >= 4 is 0 Å². The van der Waals surface area contributed by atoms with Gasteiger partial charge in [0.2, 0.25) is 0 Å². The van der Waals surface area contributed by atoms with Crippen molar-refractivity contribution in [3.63, 3.8) is 0 Å². The maximum absolute atomic E-state index is 13.1. The SMILES string of the molecule is CCCC(C)NC(C)c1cc(F)ccc1O. The Labute approximate surface area is 96.5 Å². The first kappa shape index (κ1) is 13.0. The normalized spacial score (nSPS) is 14.8. The number of rotatable bonds is 5. The summed E-state index contributed by atoms with van der Waals surface area (Å²) in [6.45, 7) is 6.15. The van der Waals surface area contributed by atoms with Gasteiger partial charge >= 0.3 is 0 Å². The average Bonchev–Trinajstić information content (AvgIpc) is 2.21. The molecule has 0 aliphatic heterocycles. The van der Waals surface area contributed by atoms with E-state index >= 15 is 0 Å². The molecule has 2 N–H and O–H groups in total. The molecule has 0 aliphatic carbocycles. The zero-order chi connectivity index (χ0) is 12.1. The van der Waals surface area contributed by atoms with Crippen molar-refractivity contribution in [1.29, 1.82) is 0 Å². The summed E-state index contributed by atoms with van der Waals surface area (Å²) in [6.07, 6.45) is 2.18. The van der Waals surface area contributed by atoms with Crippen LogP contribution in [-0.2, 0) is 0 Å². The van der Waals surface area contributed by atoms with Gasteiger partial charge in [0.25, 0.3) is 0 Å². The van der Waals surface area contributed by atoms with Crippen LogP contribution in [-0.4, -0.2) is 11.1 Å². The van der Waals surface area contributed by atoms with Gasteiger partial charge in [0, 0.05) is 17.6 Å². The number of hydrogen-bond acceptors (Lipinski definition) is 2. The molecule has 1 aromatic carbocycles. The van der Waals surface area contributed by atoms with Gasteiger partial charge in [-0.2, -0.15) is 0 Å². The molecule has 90 valence electrons. The number of benzene rings is 1. The van der Waals surface area contributed by atoms with Crippen molar-refractivity contribution < 1.29 is 9.50 Å². The Balaban J connectivity index is 2.72. The van der Waals surface area contributed by atoms with Crippen LogP contribution in [0, 0.1) is 5.82 Å². The number of halogens is 1. The van der Waals surface area contributed by atoms with E-state index in [9.17, 15) is 9.50 Å². The Morgan fingerprint density at radius 1 is 1.38 bits per heavy atom. The van der Waals surface area contributed by atoms with Crippen molar-refractivity contribution in [1.82, 2.24) is 5.32 Å². The molecule has 16 heavy (non-hydrogen) atoms. The maximum Gasteiger partial charge on any atom is 0.123 e. The smallest absolute Gasteiger partial charge is 0.123 e. The lowest BCUT2D eigenvalue weighted by Crippen LogP contribution is -2.28. The fraction of sp³-hybridized carbons (Fsp3) is 0.538. The molecule has 0 bridgehead atoms. The fourth-order valence-electron chi connectivity index (χ4n) is 1.91. The topological polar surface area (TPSA) is 32.3 Å². The van der Waals surface area contributed by atoms with Crippen LogP contribution in [0.1, 0.15) is 45.2 Å². The van der Waals surface area contributed by atoms with Crippen molar-refractivity contribution in [2.45, 2.75) is 45.7 Å². The van der Waals surface area contributed by atoms with Gasteiger partial charge in [-0.1, -0.05) is 13.3 Å². The highest BCUT2D eigenvalue weighted by molar-refractivity contribution is 5.34. The van der Waals surface area contributed by atoms with Crippen molar-refractivity contribution in [2.75, 3.05) is 0 Å². The molecule has 0 saturated heterocycles. The van der Waals surface area contributed by atoms with Crippen molar-refractivity contribution in [3.05, 3.63) is 29.6 Å². The standard InChI is InChI=1S/C13H20FNO/c1-4-5-9(2)15-10(3)12-8-11(14)6-7-13(12)16/h6-10,15-16H,4-5H2,1-3H3. The third-order valence-corrected chi connectivity index (χ3v) is 2.71. The third kappa shape index (κ3) is 3.49. The van der Waals surface area contributed by atoms with Crippen LogP contribution in [0.3, 0.4) is 0 Å². The van der Waals surface area contributed by atoms with Gasteiger partial charge in [-0.05, 0) is 38.5 Å². The van der Waals surface area contributed by atoms with E-state index in [1.807, 2.05) is 6.92 Å². The highest BCUT2D eigenvalue weighted by Crippen LogP contribution is 2.25. The summed E-state index contributed by atoms with van der Waals surface area (Å²) in [5.74, 6) is -0.172. The monoisotopic (exact) mass is 225 g/mol. The third-order valence-electron chi connectivity index (χ3n) is 2.71. The average molecular weight is 225 g/mol. The van der Waals surface area contributed by atoms with E-state index in [1.165, 1.54) is 18.2 Å². The second-order valence-electron chi connectivity index (χ2n) is 4.28. The van der Waals surface area contributed by atoms with Crippen LogP contribution < -0.4 is 5.32 Å². The van der Waals surface area contributed by atoms with Crippen LogP contribution >= 0.6 is 0 Å². The second-order valence-corrected chi connectivity index (χ2v) is 4.28. The molecule has 0 amide bonds. The summed E-state index contributed by atoms with van der Waals surface area (Å²) in [5, 5.41) is 13.0. The molecule has 2 nitrogen and oxygen atoms in total. The first-order valence-corrected chi connectivity index (χ1v) is 5.79. The van der Waals surface area contributed by atoms with Crippen LogP contribution in [0.25, 0.3) is 0 Å². The summed E-state index contributed by atoms with van der Waals surface area (Å²) in [6, 6.07) is 4.36. The van der Waals surface area contributed by atoms with Gasteiger partial charge < -0.3 is 10.4 Å². The minimum atomic E-state index is -0.315. The highest BCUT2D eigenvalue weighted by Gasteiger charge is 2.13. The van der Waals surface area contributed by atoms with Gasteiger partial charge in [0.1, 0.15) is 11.6 Å². The molecule has 2 unspecified atom stereocenters. The van der Waals surface area contributed by atoms with Crippen LogP contribution in [0.15, 0.2) is 18.2 Å². The van der Waals surface area contributed by atoms with E-state index in [-0.39, 0.29) is 17.6 Å². The number of nitrogens with one attached hydrogen (secondary N) is 1. The zero-order valence-electron chi connectivity index (χ0n) is 10.1. The molecule has 0 aliphatic rings. The Hall–Kier alpha value is -1.09. The van der Waals surface area contributed by atoms with Gasteiger partial charge in [-0.3, -0.25) is 0 Å². The summed E-state index contributed by atoms with van der Waals surface area (Å²) in [7, 11) is 0. The molecule has 0 radical (unpaired) electrons. The Morgan fingerprint density at radius 3 is 2.69 bits per heavy atom. The van der Waals surface area contributed by atoms with E-state index in [1.54, 1.807) is 0 Å². The molecule has 2 atom stereocenters. The predicted octanol–water partition coefficient (Wildman–Crippen LogP) is 3.37. The van der Waals surface area contributed by atoms with Gasteiger partial charge in [0.05, 0.1) is 0 Å². The minimum absolute atomic E-state index is 0.0442. The molecule has 0 heterocycles. The van der Waals surface area contributed by atoms with Gasteiger partial charge in [-0.25, -0.2) is 4.39 Å². The zero-order valence-corrected chi connectivity index (χ0v) is 10.1. The first-order chi connectivity index (χ1) is 7.54. The number of hydrogen-bond donors (Lipinski definition) is 2. The molecule has 0 spiro atoms. The van der Waals surface area contributed by atoms with Crippen LogP contribution in [0.5, 0.6) is 5.75 Å². The minimum Gasteiger partial charge on any atom is -0.508 e. The summed E-state index contributed by atoms with van der Waals surface area (Å²) >= 11 is 0. The van der Waals surface area contributed by atoms with Crippen molar-refractivity contribution in [2.24, 2.45) is 0 Å². The van der Waals surface area contributed by atoms with E-state index in [2.05, 4.69) is 19.2 Å². The van der Waals surface area contributed by atoms with E-state index in [0.717, 1.165) is 12.8 Å². The second kappa shape index (κ2) is 5.85. The van der Waals surface area contributed by atoms with E-state index in [4.69, 9.17) is 0 Å². The fourth-order valence-corrected chi connectivity index (χ4v) is 1.91. The predicted molar refractivity (Wildman–Crippen MR) is 64.0 cm³/mol. The number of phenols is 1. The molecular formula is C13H20FNO. The summed E-state index contributed by atoms with van der Waals surface area (Å²) in [5.41, 5.74) is 0.614. The maximum atomic E-state index is 13.1. The summed E-state index contributed by atoms with van der Waals surface area (Å²) in [4.78, 5) is 0. The quantitative estimate of drug-likeness (QED) is 0.805. The lowest BCUT2D eigenvalue weighted by Gasteiger charge is -2.20. The number of phenolic OH excluding ortho intramolecular Hbond substituents is 1. The van der Waals surface area contributed by atoms with Crippen LogP contribution in [0.2, 0.25) is 0 Å². The van der Waals surface area contributed by atoms with Gasteiger partial charge in [-0.15, -0.1) is 0 Å². The Bertz CT molecular complexity index is 341. The lowest BCUT2D eigenvalue weighted by atomic mass is 10.1. The van der Waals surface area contributed by atoms with Crippen LogP contribution in [0.4, 0.5) is 4.39 Å². The molecule has 3 heteroatoms. The number of aromatic hydroxyl groups is 1. The summed E-state index contributed by atoms with van der Waals surface area (Å²) < 4.78 is 13.1. The van der Waals surface area contributed by atoms with Crippen molar-refractivity contribution in [3.8, 4) is 5.75 Å². The lowest BCUT2D eigenvalue weighted by molar-refractivity contribution is 0.421. The van der Waals surface area contributed by atoms with E-state index in [0.29, 0.717) is 11.6 Å². The highest BCUT2D eigenvalue weighted by atomic mass is 19.1. The largest absolute Gasteiger partial charge is 0.508 e. The van der Waals surface area contributed by atoms with E-state index < -0.39 is 0 Å². The molecule has 1 rings (SSSR count). The molecule has 0 fully saturated rings. The van der Waals surface area contributed by atoms with Gasteiger partial charge in [0.15, 0.2) is 0 Å². The Kier molecular flexibility index (Phi) is 4.74.